The average Bonchev–Trinajstić information content (AvgIpc) is 2.53. The monoisotopic (exact) mass is 347 g/mol. The van der Waals surface area contributed by atoms with Gasteiger partial charge >= 0.3 is 0 Å². The maximum absolute atomic E-state index is 13.9. The fraction of sp³-hybridized carbons (Fsp3) is 0.444. The molecular formula is C18H22FN3O3. The van der Waals surface area contributed by atoms with Gasteiger partial charge in [0.15, 0.2) is 0 Å². The van der Waals surface area contributed by atoms with Gasteiger partial charge in [0.25, 0.3) is 11.5 Å². The van der Waals surface area contributed by atoms with Gasteiger partial charge in [-0.1, -0.05) is 0 Å². The van der Waals surface area contributed by atoms with Crippen molar-refractivity contribution in [2.45, 2.75) is 25.8 Å². The molecule has 1 atom stereocenters. The van der Waals surface area contributed by atoms with Gasteiger partial charge in [0, 0.05) is 24.5 Å². The number of aryl methyl sites for hydroxylation is 1. The molecule has 3 rings (SSSR count). The topological polar surface area (TPSA) is 74.6 Å². The molecule has 0 radical (unpaired) electrons. The van der Waals surface area contributed by atoms with Crippen molar-refractivity contribution in [1.82, 2.24) is 14.8 Å². The SMILES string of the molecule is C[C@H]1CCc2cc(F)cc3c(O)c(C(=O)NCCN(C)C)c(=O)n1c23. The molecule has 1 amide bonds. The minimum absolute atomic E-state index is 0.123. The van der Waals surface area contributed by atoms with Crippen LogP contribution in [0.15, 0.2) is 16.9 Å². The summed E-state index contributed by atoms with van der Waals surface area (Å²) < 4.78 is 15.4. The first-order valence-electron chi connectivity index (χ1n) is 8.33. The molecule has 6 nitrogen and oxygen atoms in total. The van der Waals surface area contributed by atoms with Crippen LogP contribution in [0.5, 0.6) is 5.75 Å². The Kier molecular flexibility index (Phi) is 4.51. The minimum Gasteiger partial charge on any atom is -0.506 e. The summed E-state index contributed by atoms with van der Waals surface area (Å²) in [4.78, 5) is 27.3. The molecule has 2 heterocycles. The van der Waals surface area contributed by atoms with Crippen LogP contribution in [0.4, 0.5) is 4.39 Å². The summed E-state index contributed by atoms with van der Waals surface area (Å²) in [6.45, 7) is 2.83. The average molecular weight is 347 g/mol. The van der Waals surface area contributed by atoms with Gasteiger partial charge in [-0.25, -0.2) is 4.39 Å². The van der Waals surface area contributed by atoms with Gasteiger partial charge < -0.3 is 19.9 Å². The first kappa shape index (κ1) is 17.4. The van der Waals surface area contributed by atoms with E-state index in [0.29, 0.717) is 37.0 Å². The summed E-state index contributed by atoms with van der Waals surface area (Å²) in [7, 11) is 3.73. The van der Waals surface area contributed by atoms with E-state index >= 15 is 0 Å². The molecule has 0 bridgehead atoms. The van der Waals surface area contributed by atoms with E-state index in [-0.39, 0.29) is 17.0 Å². The predicted octanol–water partition coefficient (Wildman–Crippen LogP) is 1.64. The second kappa shape index (κ2) is 6.48. The lowest BCUT2D eigenvalue weighted by Gasteiger charge is -2.26. The number of carbonyl (C=O) groups excluding carboxylic acids is 1. The van der Waals surface area contributed by atoms with Gasteiger partial charge in [0.05, 0.1) is 5.52 Å². The van der Waals surface area contributed by atoms with E-state index in [9.17, 15) is 19.1 Å². The molecule has 0 aliphatic carbocycles. The molecular weight excluding hydrogens is 325 g/mol. The Labute approximate surface area is 144 Å². The molecule has 0 fully saturated rings. The van der Waals surface area contributed by atoms with Crippen LogP contribution in [0.25, 0.3) is 10.9 Å². The van der Waals surface area contributed by atoms with E-state index in [1.165, 1.54) is 16.7 Å². The van der Waals surface area contributed by atoms with Crippen molar-refractivity contribution in [3.8, 4) is 5.75 Å². The second-order valence-corrected chi connectivity index (χ2v) is 6.81. The number of aromatic hydroxyl groups is 1. The molecule has 0 unspecified atom stereocenters. The van der Waals surface area contributed by atoms with Crippen LogP contribution in [0.2, 0.25) is 0 Å². The molecule has 134 valence electrons. The number of rotatable bonds is 4. The summed E-state index contributed by atoms with van der Waals surface area (Å²) in [5, 5.41) is 13.4. The Morgan fingerprint density at radius 1 is 1.44 bits per heavy atom. The molecule has 0 saturated heterocycles. The number of amides is 1. The maximum Gasteiger partial charge on any atom is 0.267 e. The van der Waals surface area contributed by atoms with Gasteiger partial charge in [0.1, 0.15) is 17.1 Å². The zero-order chi connectivity index (χ0) is 18.3. The maximum atomic E-state index is 13.9. The molecule has 2 N–H and O–H groups in total. The quantitative estimate of drug-likeness (QED) is 0.882. The van der Waals surface area contributed by atoms with Gasteiger partial charge in [-0.15, -0.1) is 0 Å². The van der Waals surface area contributed by atoms with Crippen molar-refractivity contribution in [3.05, 3.63) is 39.4 Å². The molecule has 1 aromatic heterocycles. The molecule has 1 aromatic carbocycles. The zero-order valence-electron chi connectivity index (χ0n) is 14.6. The van der Waals surface area contributed by atoms with E-state index in [1.807, 2.05) is 25.9 Å². The van der Waals surface area contributed by atoms with Crippen molar-refractivity contribution in [3.63, 3.8) is 0 Å². The van der Waals surface area contributed by atoms with Crippen LogP contribution in [0, 0.1) is 5.82 Å². The molecule has 25 heavy (non-hydrogen) atoms. The third-order valence-corrected chi connectivity index (χ3v) is 4.66. The third-order valence-electron chi connectivity index (χ3n) is 4.66. The van der Waals surface area contributed by atoms with E-state index < -0.39 is 23.0 Å². The van der Waals surface area contributed by atoms with Crippen LogP contribution in [0.3, 0.4) is 0 Å². The summed E-state index contributed by atoms with van der Waals surface area (Å²) in [5.74, 6) is -1.58. The lowest BCUT2D eigenvalue weighted by Crippen LogP contribution is -2.38. The molecule has 0 saturated carbocycles. The fourth-order valence-electron chi connectivity index (χ4n) is 3.37. The van der Waals surface area contributed by atoms with E-state index in [4.69, 9.17) is 0 Å². The number of halogens is 1. The fourth-order valence-corrected chi connectivity index (χ4v) is 3.37. The normalized spacial score (nSPS) is 16.4. The minimum atomic E-state index is -0.640. The predicted molar refractivity (Wildman–Crippen MR) is 93.8 cm³/mol. The molecule has 7 heteroatoms. The van der Waals surface area contributed by atoms with E-state index in [1.54, 1.807) is 0 Å². The third kappa shape index (κ3) is 3.00. The highest BCUT2D eigenvalue weighted by Crippen LogP contribution is 2.35. The Morgan fingerprint density at radius 2 is 2.16 bits per heavy atom. The summed E-state index contributed by atoms with van der Waals surface area (Å²) in [5.41, 5.74) is 0.344. The molecule has 2 aromatic rings. The number of aromatic nitrogens is 1. The van der Waals surface area contributed by atoms with Gasteiger partial charge in [0.2, 0.25) is 0 Å². The van der Waals surface area contributed by atoms with E-state index in [2.05, 4.69) is 5.32 Å². The smallest absolute Gasteiger partial charge is 0.267 e. The number of carbonyl (C=O) groups is 1. The van der Waals surface area contributed by atoms with Crippen LogP contribution in [-0.2, 0) is 6.42 Å². The number of nitrogens with one attached hydrogen (secondary N) is 1. The Morgan fingerprint density at radius 3 is 2.84 bits per heavy atom. The van der Waals surface area contributed by atoms with Gasteiger partial charge in [-0.2, -0.15) is 0 Å². The largest absolute Gasteiger partial charge is 0.506 e. The van der Waals surface area contributed by atoms with Crippen molar-refractivity contribution >= 4 is 16.8 Å². The molecule has 0 spiro atoms. The van der Waals surface area contributed by atoms with Gasteiger partial charge in [-0.05, 0) is 51.6 Å². The molecule has 1 aliphatic heterocycles. The van der Waals surface area contributed by atoms with Crippen molar-refractivity contribution in [1.29, 1.82) is 0 Å². The first-order chi connectivity index (χ1) is 11.8. The van der Waals surface area contributed by atoms with Crippen molar-refractivity contribution in [2.24, 2.45) is 0 Å². The first-order valence-corrected chi connectivity index (χ1v) is 8.33. The standard InChI is InChI=1S/C18H22FN3O3/c1-10-4-5-11-8-12(19)9-13-15(11)22(10)18(25)14(16(13)23)17(24)20-6-7-21(2)3/h8-10,23H,4-7H2,1-3H3,(H,20,24)/t10-/m0/s1. The second-order valence-electron chi connectivity index (χ2n) is 6.81. The Bertz CT molecular complexity index is 905. The lowest BCUT2D eigenvalue weighted by atomic mass is 9.95. The number of benzene rings is 1. The highest BCUT2D eigenvalue weighted by molar-refractivity contribution is 6.03. The highest BCUT2D eigenvalue weighted by atomic mass is 19.1. The number of likely N-dealkylation sites (N-methyl/N-ethyl adjacent to an activating group) is 1. The van der Waals surface area contributed by atoms with E-state index in [0.717, 1.165) is 0 Å². The summed E-state index contributed by atoms with van der Waals surface area (Å²) >= 11 is 0. The van der Waals surface area contributed by atoms with Crippen LogP contribution in [0.1, 0.15) is 35.3 Å². The van der Waals surface area contributed by atoms with Crippen LogP contribution < -0.4 is 10.9 Å². The Hall–Kier alpha value is -2.41. The zero-order valence-corrected chi connectivity index (χ0v) is 14.6. The van der Waals surface area contributed by atoms with Gasteiger partial charge in [-0.3, -0.25) is 9.59 Å². The summed E-state index contributed by atoms with van der Waals surface area (Å²) in [6, 6.07) is 2.45. The highest BCUT2D eigenvalue weighted by Gasteiger charge is 2.28. The number of hydrogen-bond acceptors (Lipinski definition) is 4. The van der Waals surface area contributed by atoms with Crippen molar-refractivity contribution < 1.29 is 14.3 Å². The Balaban J connectivity index is 2.18. The van der Waals surface area contributed by atoms with Crippen molar-refractivity contribution in [2.75, 3.05) is 27.2 Å². The molecule has 1 aliphatic rings. The lowest BCUT2D eigenvalue weighted by molar-refractivity contribution is 0.0946. The number of pyridine rings is 1. The van der Waals surface area contributed by atoms with Crippen LogP contribution >= 0.6 is 0 Å². The summed E-state index contributed by atoms with van der Waals surface area (Å²) in [6.07, 6.45) is 1.31. The van der Waals surface area contributed by atoms with Crippen LogP contribution in [-0.4, -0.2) is 47.7 Å². The number of hydrogen-bond donors (Lipinski definition) is 2. The number of nitrogens with zero attached hydrogens (tertiary/aromatic N) is 2.